The van der Waals surface area contributed by atoms with Crippen molar-refractivity contribution in [3.63, 3.8) is 0 Å². The van der Waals surface area contributed by atoms with Crippen molar-refractivity contribution in [2.45, 2.75) is 38.4 Å². The van der Waals surface area contributed by atoms with Gasteiger partial charge in [-0.2, -0.15) is 0 Å². The highest BCUT2D eigenvalue weighted by atomic mass is 19.1. The molecule has 0 heterocycles. The highest BCUT2D eigenvalue weighted by molar-refractivity contribution is 5.57. The average molecular weight is 262 g/mol. The first-order chi connectivity index (χ1) is 9.20. The first-order valence-electron chi connectivity index (χ1n) is 6.64. The predicted octanol–water partition coefficient (Wildman–Crippen LogP) is 3.71. The Bertz CT molecular complexity index is 480. The molecule has 0 fully saturated rings. The summed E-state index contributed by atoms with van der Waals surface area (Å²) in [6.07, 6.45) is 9.31. The Hall–Kier alpha value is -1.61. The van der Waals surface area contributed by atoms with Crippen molar-refractivity contribution in [3.8, 4) is 5.75 Å². The SMILES string of the molecule is CC=Cc1cc(F)ccc1O[C@@H]1C=CCCCC1O. The van der Waals surface area contributed by atoms with Gasteiger partial charge in [-0.25, -0.2) is 4.39 Å². The van der Waals surface area contributed by atoms with E-state index in [1.807, 2.05) is 25.2 Å². The molecule has 102 valence electrons. The number of rotatable bonds is 3. The van der Waals surface area contributed by atoms with Gasteiger partial charge in [-0.15, -0.1) is 0 Å². The fraction of sp³-hybridized carbons (Fsp3) is 0.375. The third-order valence-corrected chi connectivity index (χ3v) is 3.16. The van der Waals surface area contributed by atoms with Gasteiger partial charge in [0.05, 0.1) is 6.10 Å². The molecule has 0 aliphatic heterocycles. The van der Waals surface area contributed by atoms with E-state index in [1.165, 1.54) is 12.1 Å². The van der Waals surface area contributed by atoms with E-state index in [4.69, 9.17) is 4.74 Å². The van der Waals surface area contributed by atoms with Crippen LogP contribution in [0.3, 0.4) is 0 Å². The summed E-state index contributed by atoms with van der Waals surface area (Å²) < 4.78 is 19.1. The van der Waals surface area contributed by atoms with E-state index in [2.05, 4.69) is 0 Å². The molecule has 19 heavy (non-hydrogen) atoms. The van der Waals surface area contributed by atoms with Gasteiger partial charge in [-0.1, -0.05) is 18.2 Å². The lowest BCUT2D eigenvalue weighted by molar-refractivity contribution is 0.0588. The maximum absolute atomic E-state index is 13.2. The van der Waals surface area contributed by atoms with Gasteiger partial charge in [-0.3, -0.25) is 0 Å². The molecule has 1 N–H and O–H groups in total. The Balaban J connectivity index is 2.22. The molecule has 1 unspecified atom stereocenters. The predicted molar refractivity (Wildman–Crippen MR) is 74.5 cm³/mol. The van der Waals surface area contributed by atoms with Crippen LogP contribution < -0.4 is 4.74 Å². The Morgan fingerprint density at radius 3 is 3.05 bits per heavy atom. The summed E-state index contributed by atoms with van der Waals surface area (Å²) in [5.41, 5.74) is 0.687. The number of aliphatic hydroxyl groups excluding tert-OH is 1. The fourth-order valence-corrected chi connectivity index (χ4v) is 2.17. The topological polar surface area (TPSA) is 29.5 Å². The van der Waals surface area contributed by atoms with Crippen LogP contribution in [0, 0.1) is 5.82 Å². The van der Waals surface area contributed by atoms with Gasteiger partial charge in [0.15, 0.2) is 0 Å². The van der Waals surface area contributed by atoms with Gasteiger partial charge in [0.1, 0.15) is 17.7 Å². The van der Waals surface area contributed by atoms with E-state index >= 15 is 0 Å². The maximum Gasteiger partial charge on any atom is 0.143 e. The molecule has 0 saturated carbocycles. The van der Waals surface area contributed by atoms with Crippen LogP contribution in [-0.4, -0.2) is 17.3 Å². The Kier molecular flexibility index (Phi) is 4.74. The number of halogens is 1. The third-order valence-electron chi connectivity index (χ3n) is 3.16. The van der Waals surface area contributed by atoms with E-state index in [1.54, 1.807) is 12.1 Å². The molecular weight excluding hydrogens is 243 g/mol. The first kappa shape index (κ1) is 13.8. The van der Waals surface area contributed by atoms with Gasteiger partial charge < -0.3 is 9.84 Å². The van der Waals surface area contributed by atoms with Gasteiger partial charge in [-0.05, 0) is 50.5 Å². The van der Waals surface area contributed by atoms with Crippen LogP contribution in [-0.2, 0) is 0 Å². The van der Waals surface area contributed by atoms with Crippen LogP contribution in [0.2, 0.25) is 0 Å². The molecule has 0 amide bonds. The number of hydrogen-bond acceptors (Lipinski definition) is 2. The molecule has 2 nitrogen and oxygen atoms in total. The lowest BCUT2D eigenvalue weighted by atomic mass is 10.1. The van der Waals surface area contributed by atoms with Crippen molar-refractivity contribution in [2.24, 2.45) is 0 Å². The minimum atomic E-state index is -0.512. The second-order valence-electron chi connectivity index (χ2n) is 4.69. The number of ether oxygens (including phenoxy) is 1. The monoisotopic (exact) mass is 262 g/mol. The zero-order valence-electron chi connectivity index (χ0n) is 11.1. The van der Waals surface area contributed by atoms with E-state index in [0.717, 1.165) is 19.3 Å². The standard InChI is InChI=1S/C16H19FO2/c1-2-6-12-11-13(17)9-10-15(12)19-16-8-5-3-4-7-14(16)18/h2,5-6,8-11,14,16,18H,3-4,7H2,1H3/t14?,16-/m1/s1. The van der Waals surface area contributed by atoms with E-state index in [0.29, 0.717) is 11.3 Å². The van der Waals surface area contributed by atoms with E-state index < -0.39 is 6.10 Å². The van der Waals surface area contributed by atoms with Crippen molar-refractivity contribution < 1.29 is 14.2 Å². The number of benzene rings is 1. The molecule has 0 saturated heterocycles. The molecule has 0 bridgehead atoms. The zero-order valence-corrected chi connectivity index (χ0v) is 11.1. The normalized spacial score (nSPS) is 23.5. The van der Waals surface area contributed by atoms with Gasteiger partial charge in [0, 0.05) is 5.56 Å². The van der Waals surface area contributed by atoms with E-state index in [-0.39, 0.29) is 11.9 Å². The average Bonchev–Trinajstić information content (AvgIpc) is 2.58. The van der Waals surface area contributed by atoms with E-state index in [9.17, 15) is 9.50 Å². The smallest absolute Gasteiger partial charge is 0.143 e. The quantitative estimate of drug-likeness (QED) is 0.841. The molecule has 3 heteroatoms. The van der Waals surface area contributed by atoms with Crippen molar-refractivity contribution in [3.05, 3.63) is 47.8 Å². The van der Waals surface area contributed by atoms with Crippen LogP contribution in [0.5, 0.6) is 5.75 Å². The molecule has 2 rings (SSSR count). The second-order valence-corrected chi connectivity index (χ2v) is 4.69. The molecule has 0 aromatic heterocycles. The molecule has 1 aromatic rings. The summed E-state index contributed by atoms with van der Waals surface area (Å²) in [6, 6.07) is 4.41. The molecule has 0 radical (unpaired) electrons. The van der Waals surface area contributed by atoms with Gasteiger partial charge in [0.2, 0.25) is 0 Å². The molecule has 1 aromatic carbocycles. The minimum absolute atomic E-state index is 0.294. The van der Waals surface area contributed by atoms with Crippen LogP contribution in [0.4, 0.5) is 4.39 Å². The fourth-order valence-electron chi connectivity index (χ4n) is 2.17. The summed E-state index contributed by atoms with van der Waals surface area (Å²) >= 11 is 0. The van der Waals surface area contributed by atoms with Crippen molar-refractivity contribution in [2.75, 3.05) is 0 Å². The zero-order chi connectivity index (χ0) is 13.7. The Morgan fingerprint density at radius 1 is 1.42 bits per heavy atom. The van der Waals surface area contributed by atoms with Crippen LogP contribution >= 0.6 is 0 Å². The van der Waals surface area contributed by atoms with Crippen molar-refractivity contribution in [1.29, 1.82) is 0 Å². The van der Waals surface area contributed by atoms with Crippen molar-refractivity contribution in [1.82, 2.24) is 0 Å². The second kappa shape index (κ2) is 6.53. The Labute approximate surface area is 113 Å². The Morgan fingerprint density at radius 2 is 2.26 bits per heavy atom. The summed E-state index contributed by atoms with van der Waals surface area (Å²) in [4.78, 5) is 0. The maximum atomic E-state index is 13.2. The van der Waals surface area contributed by atoms with Crippen LogP contribution in [0.15, 0.2) is 36.4 Å². The molecular formula is C16H19FO2. The molecule has 2 atom stereocenters. The third kappa shape index (κ3) is 3.67. The summed E-state index contributed by atoms with van der Waals surface area (Å²) in [5.74, 6) is 0.299. The van der Waals surface area contributed by atoms with Crippen molar-refractivity contribution >= 4 is 6.08 Å². The van der Waals surface area contributed by atoms with Gasteiger partial charge >= 0.3 is 0 Å². The lowest BCUT2D eigenvalue weighted by Gasteiger charge is -2.21. The molecule has 1 aliphatic rings. The number of allylic oxidation sites excluding steroid dienone is 2. The highest BCUT2D eigenvalue weighted by Gasteiger charge is 2.20. The largest absolute Gasteiger partial charge is 0.483 e. The highest BCUT2D eigenvalue weighted by Crippen LogP contribution is 2.25. The lowest BCUT2D eigenvalue weighted by Crippen LogP contribution is -2.29. The summed E-state index contributed by atoms with van der Waals surface area (Å²) in [5, 5.41) is 10.0. The number of aliphatic hydroxyl groups is 1. The number of hydrogen-bond donors (Lipinski definition) is 1. The molecule has 0 spiro atoms. The van der Waals surface area contributed by atoms with Crippen LogP contribution in [0.25, 0.3) is 6.08 Å². The first-order valence-corrected chi connectivity index (χ1v) is 6.64. The van der Waals surface area contributed by atoms with Gasteiger partial charge in [0.25, 0.3) is 0 Å². The minimum Gasteiger partial charge on any atom is -0.483 e. The summed E-state index contributed by atoms with van der Waals surface area (Å²) in [6.45, 7) is 1.87. The van der Waals surface area contributed by atoms with Crippen LogP contribution in [0.1, 0.15) is 31.7 Å². The summed E-state index contributed by atoms with van der Waals surface area (Å²) in [7, 11) is 0. The molecule has 1 aliphatic carbocycles.